The number of benzene rings is 1. The summed E-state index contributed by atoms with van der Waals surface area (Å²) in [5.74, 6) is -0.426. The van der Waals surface area contributed by atoms with Crippen molar-refractivity contribution < 1.29 is 14.3 Å². The maximum Gasteiger partial charge on any atom is 0.321 e. The fraction of sp³-hybridized carbons (Fsp3) is 0.333. The number of amides is 3. The fourth-order valence-corrected chi connectivity index (χ4v) is 1.36. The Bertz CT molecular complexity index is 423. The largest absolute Gasteiger partial charge is 0.383 e. The number of rotatable bonds is 6. The zero-order chi connectivity index (χ0) is 14.1. The second-order valence-corrected chi connectivity index (χ2v) is 4.09. The maximum absolute atomic E-state index is 11.4. The summed E-state index contributed by atoms with van der Waals surface area (Å²) in [5, 5.41) is 8.15. The number of ether oxygens (including phenoxy) is 1. The molecular weight excluding hydrogens is 270 g/mol. The monoisotopic (exact) mass is 285 g/mol. The molecule has 7 heteroatoms. The van der Waals surface area contributed by atoms with Gasteiger partial charge in [-0.1, -0.05) is 11.6 Å². The molecule has 0 aliphatic heterocycles. The van der Waals surface area contributed by atoms with Crippen molar-refractivity contribution >= 4 is 29.2 Å². The van der Waals surface area contributed by atoms with Crippen molar-refractivity contribution in [3.8, 4) is 0 Å². The van der Waals surface area contributed by atoms with E-state index in [4.69, 9.17) is 16.3 Å². The highest BCUT2D eigenvalue weighted by Crippen LogP contribution is 2.12. The average molecular weight is 286 g/mol. The van der Waals surface area contributed by atoms with E-state index in [1.54, 1.807) is 24.3 Å². The van der Waals surface area contributed by atoms with E-state index in [1.165, 1.54) is 7.11 Å². The summed E-state index contributed by atoms with van der Waals surface area (Å²) in [4.78, 5) is 22.7. The summed E-state index contributed by atoms with van der Waals surface area (Å²) in [6, 6.07) is 6.36. The molecule has 0 bridgehead atoms. The first-order chi connectivity index (χ1) is 9.11. The van der Waals surface area contributed by atoms with Crippen molar-refractivity contribution in [2.24, 2.45) is 0 Å². The van der Waals surface area contributed by atoms with Crippen molar-refractivity contribution in [2.75, 3.05) is 32.1 Å². The highest BCUT2D eigenvalue weighted by molar-refractivity contribution is 6.30. The van der Waals surface area contributed by atoms with E-state index < -0.39 is 11.9 Å². The molecule has 104 valence electrons. The van der Waals surface area contributed by atoms with Crippen LogP contribution in [0.5, 0.6) is 0 Å². The van der Waals surface area contributed by atoms with Gasteiger partial charge in [0.05, 0.1) is 13.2 Å². The molecule has 0 fully saturated rings. The fourth-order valence-electron chi connectivity index (χ4n) is 1.23. The number of anilines is 1. The lowest BCUT2D eigenvalue weighted by Gasteiger charge is -2.08. The van der Waals surface area contributed by atoms with E-state index in [-0.39, 0.29) is 6.54 Å². The highest BCUT2D eigenvalue weighted by Gasteiger charge is 2.06. The summed E-state index contributed by atoms with van der Waals surface area (Å²) in [6.07, 6.45) is 0. The quantitative estimate of drug-likeness (QED) is 0.687. The van der Waals surface area contributed by atoms with Gasteiger partial charge in [-0.2, -0.15) is 0 Å². The van der Waals surface area contributed by atoms with Gasteiger partial charge in [-0.05, 0) is 24.3 Å². The highest BCUT2D eigenvalue weighted by atomic mass is 35.5. The number of carbonyl (C=O) groups excluding carboxylic acids is 2. The lowest BCUT2D eigenvalue weighted by Crippen LogP contribution is -2.42. The predicted molar refractivity (Wildman–Crippen MR) is 73.4 cm³/mol. The van der Waals surface area contributed by atoms with E-state index >= 15 is 0 Å². The van der Waals surface area contributed by atoms with E-state index in [9.17, 15) is 9.59 Å². The zero-order valence-electron chi connectivity index (χ0n) is 10.5. The lowest BCUT2D eigenvalue weighted by atomic mass is 10.3. The van der Waals surface area contributed by atoms with E-state index in [2.05, 4.69) is 16.0 Å². The molecule has 0 saturated carbocycles. The molecule has 6 nitrogen and oxygen atoms in total. The van der Waals surface area contributed by atoms with Crippen LogP contribution in [0.4, 0.5) is 10.5 Å². The molecule has 0 unspecified atom stereocenters. The molecule has 1 aromatic rings. The molecule has 3 N–H and O–H groups in total. The lowest BCUT2D eigenvalue weighted by molar-refractivity contribution is -0.118. The minimum absolute atomic E-state index is 0.000665. The minimum Gasteiger partial charge on any atom is -0.383 e. The Labute approximate surface area is 116 Å². The number of imide groups is 1. The maximum atomic E-state index is 11.4. The third-order valence-corrected chi connectivity index (χ3v) is 2.39. The van der Waals surface area contributed by atoms with Crippen LogP contribution in [0, 0.1) is 0 Å². The summed E-state index contributed by atoms with van der Waals surface area (Å²) in [6.45, 7) is 0.740. The van der Waals surface area contributed by atoms with Crippen molar-refractivity contribution in [2.45, 2.75) is 0 Å². The number of urea groups is 1. The van der Waals surface area contributed by atoms with Crippen molar-refractivity contribution in [1.82, 2.24) is 10.6 Å². The number of hydrogen-bond acceptors (Lipinski definition) is 4. The molecule has 0 saturated heterocycles. The van der Waals surface area contributed by atoms with Crippen LogP contribution in [-0.4, -0.2) is 38.7 Å². The molecule has 3 amide bonds. The molecule has 1 rings (SSSR count). The summed E-state index contributed by atoms with van der Waals surface area (Å²) in [5.41, 5.74) is 0.749. The average Bonchev–Trinajstić information content (AvgIpc) is 2.38. The van der Waals surface area contributed by atoms with Gasteiger partial charge in [0.2, 0.25) is 5.91 Å². The molecule has 0 atom stereocenters. The van der Waals surface area contributed by atoms with Gasteiger partial charge in [-0.15, -0.1) is 0 Å². The number of halogens is 1. The van der Waals surface area contributed by atoms with Gasteiger partial charge in [0, 0.05) is 24.4 Å². The van der Waals surface area contributed by atoms with Gasteiger partial charge in [-0.3, -0.25) is 10.1 Å². The first-order valence-corrected chi connectivity index (χ1v) is 6.05. The minimum atomic E-state index is -0.542. The molecule has 0 heterocycles. The summed E-state index contributed by atoms with van der Waals surface area (Å²) >= 11 is 5.73. The van der Waals surface area contributed by atoms with Gasteiger partial charge in [0.1, 0.15) is 0 Å². The molecular formula is C12H16ClN3O3. The molecule has 0 aliphatic carbocycles. The van der Waals surface area contributed by atoms with Gasteiger partial charge in [0.25, 0.3) is 0 Å². The Morgan fingerprint density at radius 3 is 2.58 bits per heavy atom. The van der Waals surface area contributed by atoms with Crippen LogP contribution < -0.4 is 16.0 Å². The molecule has 19 heavy (non-hydrogen) atoms. The molecule has 0 aliphatic rings. The van der Waals surface area contributed by atoms with Gasteiger partial charge < -0.3 is 15.4 Å². The molecule has 1 aromatic carbocycles. The number of methoxy groups -OCH3 is 1. The van der Waals surface area contributed by atoms with Crippen LogP contribution in [0.3, 0.4) is 0 Å². The van der Waals surface area contributed by atoms with Crippen LogP contribution in [0.15, 0.2) is 24.3 Å². The Balaban J connectivity index is 2.24. The Morgan fingerprint density at radius 2 is 1.95 bits per heavy atom. The SMILES string of the molecule is COCCNC(=O)NC(=O)CNc1ccc(Cl)cc1. The number of carbonyl (C=O) groups is 2. The normalized spacial score (nSPS) is 9.79. The number of nitrogens with one attached hydrogen (secondary N) is 3. The Kier molecular flexibility index (Phi) is 6.70. The first kappa shape index (κ1) is 15.3. The van der Waals surface area contributed by atoms with Gasteiger partial charge in [-0.25, -0.2) is 4.79 Å². The van der Waals surface area contributed by atoms with E-state index in [0.717, 1.165) is 5.69 Å². The Hall–Kier alpha value is -1.79. The number of hydrogen-bond donors (Lipinski definition) is 3. The summed E-state index contributed by atoms with van der Waals surface area (Å²) < 4.78 is 4.76. The second kappa shape index (κ2) is 8.34. The van der Waals surface area contributed by atoms with Gasteiger partial charge >= 0.3 is 6.03 Å². The van der Waals surface area contributed by atoms with E-state index in [0.29, 0.717) is 18.2 Å². The Morgan fingerprint density at radius 1 is 1.26 bits per heavy atom. The zero-order valence-corrected chi connectivity index (χ0v) is 11.3. The van der Waals surface area contributed by atoms with Crippen LogP contribution >= 0.6 is 11.6 Å². The third-order valence-electron chi connectivity index (χ3n) is 2.14. The standard InChI is InChI=1S/C12H16ClN3O3/c1-19-7-6-14-12(18)16-11(17)8-15-10-4-2-9(13)3-5-10/h2-5,15H,6-8H2,1H3,(H2,14,16,17,18). The first-order valence-electron chi connectivity index (χ1n) is 5.68. The van der Waals surface area contributed by atoms with E-state index in [1.807, 2.05) is 0 Å². The van der Waals surface area contributed by atoms with Crippen molar-refractivity contribution in [1.29, 1.82) is 0 Å². The topological polar surface area (TPSA) is 79.5 Å². The summed E-state index contributed by atoms with van der Waals surface area (Å²) in [7, 11) is 1.53. The van der Waals surface area contributed by atoms with Crippen molar-refractivity contribution in [3.05, 3.63) is 29.3 Å². The van der Waals surface area contributed by atoms with Crippen LogP contribution in [0.25, 0.3) is 0 Å². The molecule has 0 radical (unpaired) electrons. The van der Waals surface area contributed by atoms with Crippen LogP contribution in [0.1, 0.15) is 0 Å². The molecule has 0 aromatic heterocycles. The second-order valence-electron chi connectivity index (χ2n) is 3.66. The predicted octanol–water partition coefficient (Wildman–Crippen LogP) is 1.22. The third kappa shape index (κ3) is 6.64. The smallest absolute Gasteiger partial charge is 0.321 e. The van der Waals surface area contributed by atoms with Crippen LogP contribution in [-0.2, 0) is 9.53 Å². The van der Waals surface area contributed by atoms with Gasteiger partial charge in [0.15, 0.2) is 0 Å². The van der Waals surface area contributed by atoms with Crippen molar-refractivity contribution in [3.63, 3.8) is 0 Å². The molecule has 0 spiro atoms. The van der Waals surface area contributed by atoms with Crippen LogP contribution in [0.2, 0.25) is 5.02 Å².